The van der Waals surface area contributed by atoms with Crippen LogP contribution in [-0.4, -0.2) is 30.2 Å². The summed E-state index contributed by atoms with van der Waals surface area (Å²) in [6, 6.07) is 11.9. The fraction of sp³-hybridized carbons (Fsp3) is 0.278. The number of fused-ring (bicyclic) bond motifs is 1. The second kappa shape index (κ2) is 6.20. The normalized spacial score (nSPS) is 10.9. The fourth-order valence-corrected chi connectivity index (χ4v) is 2.79. The first-order valence-corrected chi connectivity index (χ1v) is 7.84. The number of rotatable bonds is 5. The minimum atomic E-state index is 0.758. The Morgan fingerprint density at radius 2 is 1.83 bits per heavy atom. The molecule has 2 aromatic carbocycles. The lowest BCUT2D eigenvalue weighted by molar-refractivity contribution is 0.415. The van der Waals surface area contributed by atoms with Crippen molar-refractivity contribution in [2.45, 2.75) is 13.8 Å². The molecular formula is C18H22N4O. The molecule has 0 aliphatic carbocycles. The van der Waals surface area contributed by atoms with Crippen molar-refractivity contribution < 1.29 is 4.74 Å². The lowest BCUT2D eigenvalue weighted by Gasteiger charge is -2.22. The SMILES string of the molecule is CCN(CC)c1cc2[nH]c(-c3ccc(OC)cc3)nc2cc1N. The van der Waals surface area contributed by atoms with Crippen LogP contribution in [0.5, 0.6) is 5.75 Å². The molecule has 3 rings (SSSR count). The third-order valence-corrected chi connectivity index (χ3v) is 4.10. The van der Waals surface area contributed by atoms with E-state index in [1.54, 1.807) is 7.11 Å². The molecule has 3 aromatic rings. The van der Waals surface area contributed by atoms with Gasteiger partial charge in [-0.15, -0.1) is 0 Å². The number of hydrogen-bond donors (Lipinski definition) is 2. The molecule has 0 amide bonds. The van der Waals surface area contributed by atoms with Crippen molar-refractivity contribution in [3.8, 4) is 17.1 Å². The Morgan fingerprint density at radius 1 is 1.13 bits per heavy atom. The van der Waals surface area contributed by atoms with Gasteiger partial charge in [0.05, 0.1) is 29.5 Å². The monoisotopic (exact) mass is 310 g/mol. The highest BCUT2D eigenvalue weighted by molar-refractivity contribution is 5.89. The maximum atomic E-state index is 6.21. The number of H-pyrrole nitrogens is 1. The summed E-state index contributed by atoms with van der Waals surface area (Å²) in [6.07, 6.45) is 0. The second-order valence-corrected chi connectivity index (χ2v) is 5.41. The Hall–Kier alpha value is -2.69. The second-order valence-electron chi connectivity index (χ2n) is 5.41. The lowest BCUT2D eigenvalue weighted by atomic mass is 10.2. The number of nitrogen functional groups attached to an aromatic ring is 1. The molecular weight excluding hydrogens is 288 g/mol. The molecule has 0 aliphatic rings. The minimum absolute atomic E-state index is 0.758. The number of ether oxygens (including phenoxy) is 1. The zero-order valence-corrected chi connectivity index (χ0v) is 13.8. The molecule has 1 heterocycles. The molecule has 0 saturated carbocycles. The van der Waals surface area contributed by atoms with Gasteiger partial charge in [-0.2, -0.15) is 0 Å². The van der Waals surface area contributed by atoms with E-state index in [4.69, 9.17) is 10.5 Å². The number of hydrogen-bond acceptors (Lipinski definition) is 4. The van der Waals surface area contributed by atoms with E-state index in [1.165, 1.54) is 0 Å². The number of benzene rings is 2. The molecule has 1 aromatic heterocycles. The lowest BCUT2D eigenvalue weighted by Crippen LogP contribution is -2.22. The summed E-state index contributed by atoms with van der Waals surface area (Å²) in [6.45, 7) is 6.10. The quantitative estimate of drug-likeness (QED) is 0.706. The molecule has 23 heavy (non-hydrogen) atoms. The number of methoxy groups -OCH3 is 1. The summed E-state index contributed by atoms with van der Waals surface area (Å²) in [5, 5.41) is 0. The van der Waals surface area contributed by atoms with Crippen LogP contribution >= 0.6 is 0 Å². The molecule has 0 bridgehead atoms. The number of aromatic nitrogens is 2. The summed E-state index contributed by atoms with van der Waals surface area (Å²) in [5.41, 5.74) is 10.9. The third kappa shape index (κ3) is 2.82. The molecule has 0 atom stereocenters. The van der Waals surface area contributed by atoms with Gasteiger partial charge in [-0.3, -0.25) is 0 Å². The first kappa shape index (κ1) is 15.2. The molecule has 0 aliphatic heterocycles. The van der Waals surface area contributed by atoms with Gasteiger partial charge in [0.25, 0.3) is 0 Å². The Labute approximate surface area is 136 Å². The van der Waals surface area contributed by atoms with Crippen molar-refractivity contribution in [1.29, 1.82) is 0 Å². The smallest absolute Gasteiger partial charge is 0.138 e. The van der Waals surface area contributed by atoms with E-state index in [1.807, 2.05) is 30.3 Å². The predicted molar refractivity (Wildman–Crippen MR) is 96.1 cm³/mol. The topological polar surface area (TPSA) is 67.2 Å². The van der Waals surface area contributed by atoms with Crippen molar-refractivity contribution in [2.75, 3.05) is 30.8 Å². The number of aromatic amines is 1. The third-order valence-electron chi connectivity index (χ3n) is 4.10. The first-order chi connectivity index (χ1) is 11.2. The van der Waals surface area contributed by atoms with Gasteiger partial charge in [0.15, 0.2) is 0 Å². The molecule has 5 nitrogen and oxygen atoms in total. The molecule has 3 N–H and O–H groups in total. The van der Waals surface area contributed by atoms with Crippen LogP contribution in [0.15, 0.2) is 36.4 Å². The molecule has 5 heteroatoms. The summed E-state index contributed by atoms with van der Waals surface area (Å²) in [4.78, 5) is 10.3. The maximum absolute atomic E-state index is 6.21. The Bertz CT molecular complexity index is 804. The molecule has 0 fully saturated rings. The largest absolute Gasteiger partial charge is 0.497 e. The van der Waals surface area contributed by atoms with Gasteiger partial charge in [0.2, 0.25) is 0 Å². The number of nitrogens with two attached hydrogens (primary N) is 1. The van der Waals surface area contributed by atoms with Gasteiger partial charge >= 0.3 is 0 Å². The summed E-state index contributed by atoms with van der Waals surface area (Å²) in [5.74, 6) is 1.66. The molecule has 0 radical (unpaired) electrons. The highest BCUT2D eigenvalue weighted by Gasteiger charge is 2.12. The van der Waals surface area contributed by atoms with E-state index in [9.17, 15) is 0 Å². The van der Waals surface area contributed by atoms with Crippen molar-refractivity contribution in [2.24, 2.45) is 0 Å². The zero-order valence-electron chi connectivity index (χ0n) is 13.8. The Balaban J connectivity index is 2.04. The highest BCUT2D eigenvalue weighted by atomic mass is 16.5. The van der Waals surface area contributed by atoms with Crippen molar-refractivity contribution in [1.82, 2.24) is 9.97 Å². The number of nitrogens with zero attached hydrogens (tertiary/aromatic N) is 2. The van der Waals surface area contributed by atoms with E-state index in [0.29, 0.717) is 0 Å². The van der Waals surface area contributed by atoms with Crippen molar-refractivity contribution in [3.63, 3.8) is 0 Å². The average Bonchev–Trinajstić information content (AvgIpc) is 2.99. The average molecular weight is 310 g/mol. The minimum Gasteiger partial charge on any atom is -0.497 e. The first-order valence-electron chi connectivity index (χ1n) is 7.84. The summed E-state index contributed by atoms with van der Waals surface area (Å²) in [7, 11) is 1.66. The van der Waals surface area contributed by atoms with Crippen LogP contribution in [0.25, 0.3) is 22.4 Å². The van der Waals surface area contributed by atoms with E-state index in [0.717, 1.165) is 52.6 Å². The van der Waals surface area contributed by atoms with Gasteiger partial charge in [-0.1, -0.05) is 0 Å². The summed E-state index contributed by atoms with van der Waals surface area (Å²) < 4.78 is 5.19. The van der Waals surface area contributed by atoms with Crippen molar-refractivity contribution in [3.05, 3.63) is 36.4 Å². The molecule has 0 spiro atoms. The van der Waals surface area contributed by atoms with Gasteiger partial charge in [-0.05, 0) is 50.2 Å². The van der Waals surface area contributed by atoms with E-state index < -0.39 is 0 Å². The van der Waals surface area contributed by atoms with Gasteiger partial charge in [0, 0.05) is 18.7 Å². The maximum Gasteiger partial charge on any atom is 0.138 e. The van der Waals surface area contributed by atoms with E-state index >= 15 is 0 Å². The van der Waals surface area contributed by atoms with Crippen LogP contribution in [0, 0.1) is 0 Å². The van der Waals surface area contributed by atoms with Gasteiger partial charge in [0.1, 0.15) is 11.6 Å². The van der Waals surface area contributed by atoms with Crippen LogP contribution in [0.1, 0.15) is 13.8 Å². The Morgan fingerprint density at radius 3 is 2.43 bits per heavy atom. The molecule has 120 valence electrons. The van der Waals surface area contributed by atoms with E-state index in [-0.39, 0.29) is 0 Å². The van der Waals surface area contributed by atoms with E-state index in [2.05, 4.69) is 34.8 Å². The van der Waals surface area contributed by atoms with Crippen LogP contribution in [0.3, 0.4) is 0 Å². The number of anilines is 2. The molecule has 0 unspecified atom stereocenters. The summed E-state index contributed by atoms with van der Waals surface area (Å²) >= 11 is 0. The zero-order chi connectivity index (χ0) is 16.4. The number of imidazole rings is 1. The standard InChI is InChI=1S/C18H22N4O/c1-4-22(5-2)17-11-16-15(10-14(17)19)20-18(21-16)12-6-8-13(23-3)9-7-12/h6-11H,4-5,19H2,1-3H3,(H,20,21). The predicted octanol–water partition coefficient (Wildman–Crippen LogP) is 3.67. The molecule has 0 saturated heterocycles. The van der Waals surface area contributed by atoms with Crippen LogP contribution in [-0.2, 0) is 0 Å². The van der Waals surface area contributed by atoms with Gasteiger partial charge < -0.3 is 20.4 Å². The van der Waals surface area contributed by atoms with Crippen LogP contribution < -0.4 is 15.4 Å². The van der Waals surface area contributed by atoms with Crippen LogP contribution in [0.4, 0.5) is 11.4 Å². The highest BCUT2D eigenvalue weighted by Crippen LogP contribution is 2.30. The van der Waals surface area contributed by atoms with Crippen molar-refractivity contribution >= 4 is 22.4 Å². The number of nitrogens with one attached hydrogen (secondary N) is 1. The Kier molecular flexibility index (Phi) is 4.10. The van der Waals surface area contributed by atoms with Crippen LogP contribution in [0.2, 0.25) is 0 Å². The van der Waals surface area contributed by atoms with Gasteiger partial charge in [-0.25, -0.2) is 4.98 Å². The fourth-order valence-electron chi connectivity index (χ4n) is 2.79.